The zero-order valence-corrected chi connectivity index (χ0v) is 13.4. The largest absolute Gasteiger partial charge is 0.481 e. The van der Waals surface area contributed by atoms with E-state index >= 15 is 0 Å². The molecule has 0 aromatic heterocycles. The summed E-state index contributed by atoms with van der Waals surface area (Å²) in [5.41, 5.74) is -0.553. The quantitative estimate of drug-likeness (QED) is 0.760. The van der Waals surface area contributed by atoms with Gasteiger partial charge in [0.1, 0.15) is 5.60 Å². The van der Waals surface area contributed by atoms with E-state index in [0.29, 0.717) is 11.8 Å². The van der Waals surface area contributed by atoms with Gasteiger partial charge in [0.25, 0.3) is 0 Å². The first-order valence-corrected chi connectivity index (χ1v) is 8.22. The van der Waals surface area contributed by atoms with E-state index in [4.69, 9.17) is 4.74 Å². The average molecular weight is 296 g/mol. The number of ether oxygens (including phenoxy) is 1. The summed E-state index contributed by atoms with van der Waals surface area (Å²) in [6.07, 6.45) is 6.92. The van der Waals surface area contributed by atoms with Crippen LogP contribution in [0.25, 0.3) is 0 Å². The molecule has 0 unspecified atom stereocenters. The van der Waals surface area contributed by atoms with Gasteiger partial charge in [-0.3, -0.25) is 9.59 Å². The maximum Gasteiger partial charge on any atom is 0.307 e. The van der Waals surface area contributed by atoms with Crippen LogP contribution in [0.2, 0.25) is 0 Å². The summed E-state index contributed by atoms with van der Waals surface area (Å²) in [4.78, 5) is 23.8. The number of rotatable bonds is 6. The van der Waals surface area contributed by atoms with E-state index in [1.54, 1.807) is 0 Å². The van der Waals surface area contributed by atoms with Crippen LogP contribution in [-0.2, 0) is 14.3 Å². The van der Waals surface area contributed by atoms with Crippen molar-refractivity contribution in [3.05, 3.63) is 0 Å². The summed E-state index contributed by atoms with van der Waals surface area (Å²) in [6, 6.07) is 0. The van der Waals surface area contributed by atoms with Gasteiger partial charge in [-0.25, -0.2) is 0 Å². The van der Waals surface area contributed by atoms with E-state index in [0.717, 1.165) is 25.7 Å². The first-order chi connectivity index (χ1) is 9.78. The number of aliphatic carboxylic acids is 1. The molecule has 120 valence electrons. The molecular weight excluding hydrogens is 268 g/mol. The van der Waals surface area contributed by atoms with Crippen LogP contribution in [0.1, 0.15) is 65.7 Å². The monoisotopic (exact) mass is 296 g/mol. The molecule has 0 spiro atoms. The summed E-state index contributed by atoms with van der Waals surface area (Å²) in [7, 11) is 0. The Morgan fingerprint density at radius 1 is 1.10 bits per heavy atom. The number of carboxylic acids is 1. The van der Waals surface area contributed by atoms with Crippen LogP contribution in [0.3, 0.4) is 0 Å². The highest BCUT2D eigenvalue weighted by molar-refractivity contribution is 5.79. The van der Waals surface area contributed by atoms with Crippen molar-refractivity contribution in [3.63, 3.8) is 0 Å². The van der Waals surface area contributed by atoms with Gasteiger partial charge in [-0.1, -0.05) is 38.5 Å². The Kier molecular flexibility index (Phi) is 4.95. The fraction of sp³-hybridized carbons (Fsp3) is 0.882. The Morgan fingerprint density at radius 3 is 1.86 bits per heavy atom. The molecular formula is C17H28O4. The minimum atomic E-state index is -0.829. The molecule has 2 rings (SSSR count). The fourth-order valence-electron chi connectivity index (χ4n) is 3.64. The van der Waals surface area contributed by atoms with Crippen LogP contribution < -0.4 is 0 Å². The average Bonchev–Trinajstić information content (AvgIpc) is 2.16. The highest BCUT2D eigenvalue weighted by Gasteiger charge is 2.44. The zero-order chi connectivity index (χ0) is 15.6. The first kappa shape index (κ1) is 16.3. The van der Waals surface area contributed by atoms with E-state index in [1.165, 1.54) is 12.8 Å². The van der Waals surface area contributed by atoms with E-state index in [1.807, 2.05) is 20.8 Å². The highest BCUT2D eigenvalue weighted by atomic mass is 16.6. The Bertz CT molecular complexity index is 374. The lowest BCUT2D eigenvalue weighted by molar-refractivity contribution is -0.163. The Labute approximate surface area is 127 Å². The topological polar surface area (TPSA) is 63.6 Å². The van der Waals surface area contributed by atoms with Crippen LogP contribution in [0.4, 0.5) is 0 Å². The molecule has 4 heteroatoms. The number of carbonyl (C=O) groups excluding carboxylic acids is 1. The van der Waals surface area contributed by atoms with Crippen molar-refractivity contribution in [3.8, 4) is 0 Å². The third kappa shape index (κ3) is 4.21. The summed E-state index contributed by atoms with van der Waals surface area (Å²) >= 11 is 0. The van der Waals surface area contributed by atoms with E-state index in [2.05, 4.69) is 0 Å². The zero-order valence-electron chi connectivity index (χ0n) is 13.4. The summed E-state index contributed by atoms with van der Waals surface area (Å²) in [5.74, 6) is -0.617. The summed E-state index contributed by atoms with van der Waals surface area (Å²) in [6.45, 7) is 5.45. The molecule has 0 amide bonds. The van der Waals surface area contributed by atoms with Crippen molar-refractivity contribution < 1.29 is 19.4 Å². The van der Waals surface area contributed by atoms with Gasteiger partial charge >= 0.3 is 11.9 Å². The predicted octanol–water partition coefficient (Wildman–Crippen LogP) is 3.64. The highest BCUT2D eigenvalue weighted by Crippen LogP contribution is 2.48. The molecule has 0 heterocycles. The number of carbonyl (C=O) groups is 2. The van der Waals surface area contributed by atoms with Gasteiger partial charge in [0.05, 0.1) is 12.3 Å². The van der Waals surface area contributed by atoms with Crippen molar-refractivity contribution in [1.82, 2.24) is 0 Å². The minimum absolute atomic E-state index is 0.0181. The van der Waals surface area contributed by atoms with Crippen molar-refractivity contribution in [2.45, 2.75) is 71.3 Å². The summed E-state index contributed by atoms with van der Waals surface area (Å²) in [5, 5.41) is 9.62. The lowest BCUT2D eigenvalue weighted by Crippen LogP contribution is -2.42. The number of hydrogen-bond donors (Lipinski definition) is 1. The van der Waals surface area contributed by atoms with Crippen LogP contribution in [0, 0.1) is 23.7 Å². The molecule has 1 N–H and O–H groups in total. The molecule has 1 atom stereocenters. The molecule has 0 saturated heterocycles. The first-order valence-electron chi connectivity index (χ1n) is 8.22. The lowest BCUT2D eigenvalue weighted by atomic mass is 9.60. The Hall–Kier alpha value is -1.06. The van der Waals surface area contributed by atoms with Gasteiger partial charge in [-0.15, -0.1) is 0 Å². The molecule has 0 aromatic carbocycles. The standard InChI is InChI=1S/C17H28O4/c1-17(2,3)21-14(18)10-13(16(19)20)15(11-6-4-7-11)12-8-5-9-12/h11-13,15H,4-10H2,1-3H3,(H,19,20)/t13-/m0/s1. The van der Waals surface area contributed by atoms with Crippen LogP contribution in [0.5, 0.6) is 0 Å². The molecule has 2 aliphatic carbocycles. The maximum atomic E-state index is 12.1. The normalized spacial score (nSPS) is 21.5. The number of esters is 1. The molecule has 4 nitrogen and oxygen atoms in total. The lowest BCUT2D eigenvalue weighted by Gasteiger charge is -2.45. The second kappa shape index (κ2) is 6.37. The van der Waals surface area contributed by atoms with Crippen molar-refractivity contribution in [2.75, 3.05) is 0 Å². The third-order valence-electron chi connectivity index (χ3n) is 4.98. The van der Waals surface area contributed by atoms with Gasteiger partial charge in [-0.2, -0.15) is 0 Å². The van der Waals surface area contributed by atoms with Crippen molar-refractivity contribution in [2.24, 2.45) is 23.7 Å². The van der Waals surface area contributed by atoms with Gasteiger partial charge in [-0.05, 0) is 38.5 Å². The van der Waals surface area contributed by atoms with Crippen LogP contribution >= 0.6 is 0 Å². The Morgan fingerprint density at radius 2 is 1.57 bits per heavy atom. The van der Waals surface area contributed by atoms with Gasteiger partial charge in [0, 0.05) is 0 Å². The second-order valence-electron chi connectivity index (χ2n) is 7.69. The predicted molar refractivity (Wildman–Crippen MR) is 79.8 cm³/mol. The smallest absolute Gasteiger partial charge is 0.307 e. The van der Waals surface area contributed by atoms with E-state index < -0.39 is 17.5 Å². The van der Waals surface area contributed by atoms with Gasteiger partial charge < -0.3 is 9.84 Å². The molecule has 2 aliphatic rings. The molecule has 0 aromatic rings. The van der Waals surface area contributed by atoms with Crippen molar-refractivity contribution in [1.29, 1.82) is 0 Å². The van der Waals surface area contributed by atoms with Crippen molar-refractivity contribution >= 4 is 11.9 Å². The number of hydrogen-bond acceptors (Lipinski definition) is 3. The van der Waals surface area contributed by atoms with Crippen LogP contribution in [0.15, 0.2) is 0 Å². The second-order valence-corrected chi connectivity index (χ2v) is 7.69. The molecule has 0 aliphatic heterocycles. The maximum absolute atomic E-state index is 12.1. The molecule has 2 fully saturated rings. The molecule has 2 saturated carbocycles. The van der Waals surface area contributed by atoms with Gasteiger partial charge in [0.15, 0.2) is 0 Å². The fourth-order valence-corrected chi connectivity index (χ4v) is 3.64. The van der Waals surface area contributed by atoms with E-state index in [9.17, 15) is 14.7 Å². The number of carboxylic acid groups (broad SMARTS) is 1. The SMILES string of the molecule is CC(C)(C)OC(=O)C[C@H](C(=O)O)C(C1CCC1)C1CCC1. The summed E-state index contributed by atoms with van der Waals surface area (Å²) < 4.78 is 5.33. The van der Waals surface area contributed by atoms with Crippen LogP contribution in [-0.4, -0.2) is 22.6 Å². The minimum Gasteiger partial charge on any atom is -0.481 e. The van der Waals surface area contributed by atoms with Gasteiger partial charge in [0.2, 0.25) is 0 Å². The van der Waals surface area contributed by atoms with E-state index in [-0.39, 0.29) is 18.3 Å². The molecule has 0 bridgehead atoms. The third-order valence-corrected chi connectivity index (χ3v) is 4.98. The Balaban J connectivity index is 2.04. The molecule has 0 radical (unpaired) electrons. The molecule has 21 heavy (non-hydrogen) atoms.